The minimum atomic E-state index is 0.700. The van der Waals surface area contributed by atoms with Gasteiger partial charge in [-0.2, -0.15) is 0 Å². The third-order valence-electron chi connectivity index (χ3n) is 4.74. The maximum absolute atomic E-state index is 4.30. The molecule has 0 amide bonds. The first-order chi connectivity index (χ1) is 16.7. The molecule has 4 aromatic carbocycles. The van der Waals surface area contributed by atoms with E-state index in [0.29, 0.717) is 22.7 Å². The zero-order chi connectivity index (χ0) is 23.6. The van der Waals surface area contributed by atoms with E-state index < -0.39 is 0 Å². The highest BCUT2D eigenvalue weighted by atomic mass is 15.8. The summed E-state index contributed by atoms with van der Waals surface area (Å²) in [5, 5.41) is 28.5. The predicted molar refractivity (Wildman–Crippen MR) is 134 cm³/mol. The third kappa shape index (κ3) is 6.39. The van der Waals surface area contributed by atoms with Crippen molar-refractivity contribution in [1.82, 2.24) is 0 Å². The molecule has 0 heterocycles. The number of benzene rings is 4. The van der Waals surface area contributed by atoms with Gasteiger partial charge in [-0.15, -0.1) is 20.5 Å². The van der Waals surface area contributed by atoms with Crippen LogP contribution in [0.4, 0.5) is 22.7 Å². The molecule has 0 radical (unpaired) electrons. The summed E-state index contributed by atoms with van der Waals surface area (Å²) in [6.07, 6.45) is 0. The minimum Gasteiger partial charge on any atom is -0.131 e. The lowest BCUT2D eigenvalue weighted by Crippen LogP contribution is -2.11. The molecule has 0 saturated carbocycles. The molecule has 8 nitrogen and oxygen atoms in total. The maximum atomic E-state index is 4.30. The molecular weight excluding hydrogens is 424 g/mol. The van der Waals surface area contributed by atoms with Gasteiger partial charge >= 0.3 is 0 Å². The number of anilines is 2. The van der Waals surface area contributed by atoms with E-state index >= 15 is 0 Å². The minimum absolute atomic E-state index is 0.700. The van der Waals surface area contributed by atoms with Crippen molar-refractivity contribution in [2.75, 3.05) is 10.2 Å². The fourth-order valence-corrected chi connectivity index (χ4v) is 2.85. The van der Waals surface area contributed by atoms with Crippen LogP contribution in [0.15, 0.2) is 140 Å². The van der Waals surface area contributed by atoms with E-state index in [1.165, 1.54) is 10.2 Å². The molecule has 0 aromatic heterocycles. The van der Waals surface area contributed by atoms with Crippen LogP contribution >= 0.6 is 0 Å². The fraction of sp³-hybridized carbons (Fsp3) is 0.0769. The molecule has 0 saturated heterocycles. The summed E-state index contributed by atoms with van der Waals surface area (Å²) in [6.45, 7) is 4.05. The monoisotopic (exact) mass is 448 g/mol. The molecule has 0 bridgehead atoms. The standard InChI is InChI=1S/C26H24N8/c1-21-13-17-23(18-14-21)27-29-33(25-9-5-3-6-10-25)31-32-34(26-11-7-4-8-12-26)30-28-24-19-15-22(2)16-20-24/h3-20H,1-2H3. The lowest BCUT2D eigenvalue weighted by atomic mass is 10.2. The Labute approximate surface area is 198 Å². The topological polar surface area (TPSA) is 80.6 Å². The van der Waals surface area contributed by atoms with Crippen molar-refractivity contribution in [3.63, 3.8) is 0 Å². The first kappa shape index (κ1) is 22.5. The number of rotatable bonds is 8. The SMILES string of the molecule is Cc1ccc(N=NN(N=NN(N=Nc2ccc(C)cc2)c2ccccc2)c2ccccc2)cc1. The van der Waals surface area contributed by atoms with Crippen LogP contribution < -0.4 is 10.2 Å². The number of aryl methyl sites for hydroxylation is 2. The van der Waals surface area contributed by atoms with Gasteiger partial charge in [0.15, 0.2) is 0 Å². The molecule has 0 atom stereocenters. The van der Waals surface area contributed by atoms with E-state index in [4.69, 9.17) is 0 Å². The summed E-state index contributed by atoms with van der Waals surface area (Å²) in [4.78, 5) is 0. The number of hydrogen-bond donors (Lipinski definition) is 0. The third-order valence-corrected chi connectivity index (χ3v) is 4.74. The Kier molecular flexibility index (Phi) is 7.43. The van der Waals surface area contributed by atoms with Crippen LogP contribution in [-0.4, -0.2) is 0 Å². The van der Waals surface area contributed by atoms with Crippen LogP contribution in [0.25, 0.3) is 0 Å². The Morgan fingerprint density at radius 2 is 0.765 bits per heavy atom. The van der Waals surface area contributed by atoms with Crippen LogP contribution in [0.5, 0.6) is 0 Å². The largest absolute Gasteiger partial charge is 0.131 e. The summed E-state index contributed by atoms with van der Waals surface area (Å²) in [5.41, 5.74) is 5.12. The van der Waals surface area contributed by atoms with Crippen molar-refractivity contribution in [1.29, 1.82) is 0 Å². The van der Waals surface area contributed by atoms with Crippen molar-refractivity contribution < 1.29 is 0 Å². The van der Waals surface area contributed by atoms with Gasteiger partial charge in [0.05, 0.1) is 22.7 Å². The van der Waals surface area contributed by atoms with Crippen LogP contribution in [0, 0.1) is 13.8 Å². The zero-order valence-corrected chi connectivity index (χ0v) is 19.0. The molecule has 0 unspecified atom stereocenters. The van der Waals surface area contributed by atoms with Crippen molar-refractivity contribution in [2.45, 2.75) is 13.8 Å². The van der Waals surface area contributed by atoms with Gasteiger partial charge in [-0.25, -0.2) is 0 Å². The van der Waals surface area contributed by atoms with Gasteiger partial charge in [-0.05, 0) is 83.3 Å². The molecule has 0 fully saturated rings. The molecule has 0 aliphatic heterocycles. The molecule has 8 heteroatoms. The average Bonchev–Trinajstić information content (AvgIpc) is 2.89. The summed E-state index contributed by atoms with van der Waals surface area (Å²) in [5.74, 6) is 0. The molecule has 4 rings (SSSR count). The summed E-state index contributed by atoms with van der Waals surface area (Å²) < 4.78 is 0. The van der Waals surface area contributed by atoms with E-state index in [-0.39, 0.29) is 0 Å². The van der Waals surface area contributed by atoms with Crippen LogP contribution in [-0.2, 0) is 0 Å². The normalized spacial score (nSPS) is 11.5. The van der Waals surface area contributed by atoms with Crippen molar-refractivity contribution in [3.05, 3.63) is 120 Å². The first-order valence-electron chi connectivity index (χ1n) is 10.8. The van der Waals surface area contributed by atoms with E-state index in [0.717, 1.165) is 11.1 Å². The van der Waals surface area contributed by atoms with Crippen molar-refractivity contribution in [3.8, 4) is 0 Å². The van der Waals surface area contributed by atoms with E-state index in [9.17, 15) is 0 Å². The molecule has 168 valence electrons. The Balaban J connectivity index is 1.63. The highest BCUT2D eigenvalue weighted by molar-refractivity contribution is 5.46. The highest BCUT2D eigenvalue weighted by Gasteiger charge is 2.08. The van der Waals surface area contributed by atoms with E-state index in [2.05, 4.69) is 31.1 Å². The van der Waals surface area contributed by atoms with Gasteiger partial charge in [-0.1, -0.05) is 71.8 Å². The molecular formula is C26H24N8. The quantitative estimate of drug-likeness (QED) is 0.201. The molecule has 0 aliphatic carbocycles. The van der Waals surface area contributed by atoms with Gasteiger partial charge in [-0.3, -0.25) is 0 Å². The Hall–Kier alpha value is -4.72. The lowest BCUT2D eigenvalue weighted by Gasteiger charge is -2.13. The van der Waals surface area contributed by atoms with Gasteiger partial charge in [0.1, 0.15) is 0 Å². The summed E-state index contributed by atoms with van der Waals surface area (Å²) in [6, 6.07) is 34.4. The van der Waals surface area contributed by atoms with E-state index in [1.807, 2.05) is 123 Å². The van der Waals surface area contributed by atoms with E-state index in [1.54, 1.807) is 0 Å². The summed E-state index contributed by atoms with van der Waals surface area (Å²) in [7, 11) is 0. The Bertz CT molecular complexity index is 1150. The Morgan fingerprint density at radius 3 is 1.12 bits per heavy atom. The van der Waals surface area contributed by atoms with Crippen molar-refractivity contribution >= 4 is 22.7 Å². The maximum Gasteiger partial charge on any atom is 0.0892 e. The molecule has 0 aliphatic rings. The fourth-order valence-electron chi connectivity index (χ4n) is 2.85. The van der Waals surface area contributed by atoms with Crippen LogP contribution in [0.2, 0.25) is 0 Å². The first-order valence-corrected chi connectivity index (χ1v) is 10.8. The number of nitrogens with zero attached hydrogens (tertiary/aromatic N) is 8. The lowest BCUT2D eigenvalue weighted by molar-refractivity contribution is 0.718. The number of hydrogen-bond acceptors (Lipinski definition) is 6. The summed E-state index contributed by atoms with van der Waals surface area (Å²) >= 11 is 0. The number of para-hydroxylation sites is 2. The van der Waals surface area contributed by atoms with Gasteiger partial charge < -0.3 is 0 Å². The van der Waals surface area contributed by atoms with Gasteiger partial charge in [0, 0.05) is 0 Å². The van der Waals surface area contributed by atoms with Gasteiger partial charge in [0.2, 0.25) is 0 Å². The highest BCUT2D eigenvalue weighted by Crippen LogP contribution is 2.22. The zero-order valence-electron chi connectivity index (χ0n) is 19.0. The second-order valence-electron chi connectivity index (χ2n) is 7.48. The second-order valence-corrected chi connectivity index (χ2v) is 7.48. The average molecular weight is 449 g/mol. The smallest absolute Gasteiger partial charge is 0.0892 e. The molecule has 4 aromatic rings. The van der Waals surface area contributed by atoms with Crippen molar-refractivity contribution in [2.24, 2.45) is 31.1 Å². The molecule has 0 N–H and O–H groups in total. The molecule has 34 heavy (non-hydrogen) atoms. The molecule has 0 spiro atoms. The van der Waals surface area contributed by atoms with Crippen LogP contribution in [0.3, 0.4) is 0 Å². The second kappa shape index (κ2) is 11.2. The predicted octanol–water partition coefficient (Wildman–Crippen LogP) is 8.30. The Morgan fingerprint density at radius 1 is 0.412 bits per heavy atom. The van der Waals surface area contributed by atoms with Crippen LogP contribution in [0.1, 0.15) is 11.1 Å². The van der Waals surface area contributed by atoms with Gasteiger partial charge in [0.25, 0.3) is 0 Å².